The van der Waals surface area contributed by atoms with Crippen molar-refractivity contribution in [3.05, 3.63) is 77.5 Å². The fourth-order valence-corrected chi connectivity index (χ4v) is 3.81. The first kappa shape index (κ1) is 23.1. The number of ether oxygens (including phenoxy) is 2. The summed E-state index contributed by atoms with van der Waals surface area (Å²) in [7, 11) is 3.08. The normalized spacial score (nSPS) is 13.4. The molecule has 34 heavy (non-hydrogen) atoms. The topological polar surface area (TPSA) is 84.0 Å². The van der Waals surface area contributed by atoms with Crippen LogP contribution in [0.2, 0.25) is 0 Å². The number of hydrogen-bond donors (Lipinski definition) is 1. The molecule has 3 aromatic rings. The Bertz CT molecular complexity index is 1130. The van der Waals surface area contributed by atoms with E-state index in [-0.39, 0.29) is 11.8 Å². The lowest BCUT2D eigenvalue weighted by Crippen LogP contribution is -2.49. The number of anilines is 2. The zero-order valence-electron chi connectivity index (χ0n) is 19.6. The lowest BCUT2D eigenvalue weighted by atomic mass is 10.1. The molecular weight excluding hydrogens is 432 g/mol. The number of pyridine rings is 1. The van der Waals surface area contributed by atoms with Crippen LogP contribution in [0.25, 0.3) is 0 Å². The number of carbonyl (C=O) groups excluding carboxylic acids is 2. The molecule has 1 fully saturated rings. The highest BCUT2D eigenvalue weighted by Crippen LogP contribution is 2.24. The van der Waals surface area contributed by atoms with Gasteiger partial charge in [-0.25, -0.2) is 4.98 Å². The third-order valence-electron chi connectivity index (χ3n) is 5.81. The molecule has 0 bridgehead atoms. The molecule has 0 saturated carbocycles. The molecular formula is C26H28N4O4. The van der Waals surface area contributed by atoms with Gasteiger partial charge in [0.15, 0.2) is 0 Å². The van der Waals surface area contributed by atoms with Gasteiger partial charge in [-0.15, -0.1) is 0 Å². The van der Waals surface area contributed by atoms with Crippen molar-refractivity contribution < 1.29 is 19.1 Å². The lowest BCUT2D eigenvalue weighted by molar-refractivity contribution is 0.0746. The first-order valence-electron chi connectivity index (χ1n) is 11.1. The van der Waals surface area contributed by atoms with Crippen LogP contribution in [0.3, 0.4) is 0 Å². The number of benzene rings is 2. The number of aromatic nitrogens is 1. The van der Waals surface area contributed by atoms with Gasteiger partial charge in [0.25, 0.3) is 11.8 Å². The van der Waals surface area contributed by atoms with Crippen molar-refractivity contribution in [2.75, 3.05) is 50.6 Å². The van der Waals surface area contributed by atoms with E-state index in [9.17, 15) is 9.59 Å². The molecule has 1 aliphatic heterocycles. The highest BCUT2D eigenvalue weighted by atomic mass is 16.5. The van der Waals surface area contributed by atoms with Crippen LogP contribution in [-0.2, 0) is 0 Å². The zero-order valence-corrected chi connectivity index (χ0v) is 19.6. The van der Waals surface area contributed by atoms with Crippen LogP contribution < -0.4 is 19.7 Å². The average Bonchev–Trinajstić information content (AvgIpc) is 2.89. The molecule has 2 amide bonds. The van der Waals surface area contributed by atoms with Crippen molar-refractivity contribution in [3.8, 4) is 11.5 Å². The predicted octanol–water partition coefficient (Wildman–Crippen LogP) is 3.62. The van der Waals surface area contributed by atoms with Crippen LogP contribution in [-0.4, -0.2) is 62.1 Å². The van der Waals surface area contributed by atoms with Gasteiger partial charge in [0, 0.05) is 43.4 Å². The molecule has 8 nitrogen and oxygen atoms in total. The van der Waals surface area contributed by atoms with Crippen LogP contribution in [0, 0.1) is 6.92 Å². The summed E-state index contributed by atoms with van der Waals surface area (Å²) in [5, 5.41) is 2.85. The highest BCUT2D eigenvalue weighted by Gasteiger charge is 2.23. The summed E-state index contributed by atoms with van der Waals surface area (Å²) in [6.07, 6.45) is 1.63. The van der Waals surface area contributed by atoms with Gasteiger partial charge in [0.1, 0.15) is 17.3 Å². The van der Waals surface area contributed by atoms with Gasteiger partial charge in [0.2, 0.25) is 0 Å². The fraction of sp³-hybridized carbons (Fsp3) is 0.269. The van der Waals surface area contributed by atoms with E-state index in [1.165, 1.54) is 14.2 Å². The van der Waals surface area contributed by atoms with E-state index >= 15 is 0 Å². The van der Waals surface area contributed by atoms with E-state index in [0.717, 1.165) is 11.4 Å². The standard InChI is InChI=1S/C26H28N4O4/c1-18-4-6-19(7-5-18)26(32)30-12-10-29(11-13-30)24-9-8-21(17-27-24)28-25(31)20-14-22(33-2)16-23(15-20)34-3/h4-9,14-17H,10-13H2,1-3H3,(H,28,31). The summed E-state index contributed by atoms with van der Waals surface area (Å²) < 4.78 is 10.5. The molecule has 176 valence electrons. The Kier molecular flexibility index (Phi) is 6.96. The van der Waals surface area contributed by atoms with Gasteiger partial charge in [-0.2, -0.15) is 0 Å². The van der Waals surface area contributed by atoms with E-state index in [0.29, 0.717) is 54.5 Å². The molecule has 2 heterocycles. The molecule has 8 heteroatoms. The quantitative estimate of drug-likeness (QED) is 0.605. The van der Waals surface area contributed by atoms with Gasteiger partial charge < -0.3 is 24.6 Å². The number of piperazine rings is 1. The van der Waals surface area contributed by atoms with Gasteiger partial charge >= 0.3 is 0 Å². The summed E-state index contributed by atoms with van der Waals surface area (Å²) in [6, 6.07) is 16.4. The van der Waals surface area contributed by atoms with Crippen molar-refractivity contribution in [2.24, 2.45) is 0 Å². The first-order valence-corrected chi connectivity index (χ1v) is 11.1. The van der Waals surface area contributed by atoms with Crippen LogP contribution in [0.1, 0.15) is 26.3 Å². The molecule has 1 aromatic heterocycles. The summed E-state index contributed by atoms with van der Waals surface area (Å²) in [6.45, 7) is 4.65. The van der Waals surface area contributed by atoms with Crippen LogP contribution in [0.4, 0.5) is 11.5 Å². The smallest absolute Gasteiger partial charge is 0.255 e. The molecule has 2 aromatic carbocycles. The molecule has 1 aliphatic rings. The van der Waals surface area contributed by atoms with Crippen LogP contribution in [0.15, 0.2) is 60.8 Å². The maximum atomic E-state index is 12.7. The lowest BCUT2D eigenvalue weighted by Gasteiger charge is -2.35. The maximum Gasteiger partial charge on any atom is 0.255 e. The third kappa shape index (κ3) is 5.28. The molecule has 4 rings (SSSR count). The van der Waals surface area contributed by atoms with E-state index in [1.54, 1.807) is 24.4 Å². The Hall–Kier alpha value is -4.07. The summed E-state index contributed by atoms with van der Waals surface area (Å²) in [5.41, 5.74) is 2.86. The monoisotopic (exact) mass is 460 g/mol. The molecule has 0 aliphatic carbocycles. The van der Waals surface area contributed by atoms with Gasteiger partial charge in [-0.3, -0.25) is 9.59 Å². The number of aryl methyl sites for hydroxylation is 1. The van der Waals surface area contributed by atoms with Crippen LogP contribution >= 0.6 is 0 Å². The van der Waals surface area contributed by atoms with Crippen molar-refractivity contribution in [1.82, 2.24) is 9.88 Å². The van der Waals surface area contributed by atoms with Gasteiger partial charge in [-0.1, -0.05) is 17.7 Å². The second kappa shape index (κ2) is 10.2. The van der Waals surface area contributed by atoms with E-state index < -0.39 is 0 Å². The third-order valence-corrected chi connectivity index (χ3v) is 5.81. The number of amides is 2. The van der Waals surface area contributed by atoms with Crippen molar-refractivity contribution in [3.63, 3.8) is 0 Å². The maximum absolute atomic E-state index is 12.7. The zero-order chi connectivity index (χ0) is 24.1. The molecule has 0 radical (unpaired) electrons. The van der Waals surface area contributed by atoms with Crippen LogP contribution in [0.5, 0.6) is 11.5 Å². The second-order valence-corrected chi connectivity index (χ2v) is 8.11. The molecule has 0 spiro atoms. The number of nitrogens with one attached hydrogen (secondary N) is 1. The van der Waals surface area contributed by atoms with Gasteiger partial charge in [0.05, 0.1) is 26.1 Å². The van der Waals surface area contributed by atoms with E-state index in [2.05, 4.69) is 15.2 Å². The highest BCUT2D eigenvalue weighted by molar-refractivity contribution is 6.04. The summed E-state index contributed by atoms with van der Waals surface area (Å²) in [5.74, 6) is 1.66. The number of hydrogen-bond acceptors (Lipinski definition) is 6. The number of carbonyl (C=O) groups is 2. The Balaban J connectivity index is 1.35. The SMILES string of the molecule is COc1cc(OC)cc(C(=O)Nc2ccc(N3CCN(C(=O)c4ccc(C)cc4)CC3)nc2)c1. The first-order chi connectivity index (χ1) is 16.5. The number of nitrogens with zero attached hydrogens (tertiary/aromatic N) is 3. The van der Waals surface area contributed by atoms with Crippen molar-refractivity contribution in [2.45, 2.75) is 6.92 Å². The Labute approximate surface area is 199 Å². The average molecular weight is 461 g/mol. The largest absolute Gasteiger partial charge is 0.497 e. The van der Waals surface area contributed by atoms with Crippen molar-refractivity contribution >= 4 is 23.3 Å². The minimum Gasteiger partial charge on any atom is -0.497 e. The minimum atomic E-state index is -0.282. The Morgan fingerprint density at radius 1 is 0.853 bits per heavy atom. The molecule has 1 N–H and O–H groups in total. The predicted molar refractivity (Wildman–Crippen MR) is 131 cm³/mol. The molecule has 1 saturated heterocycles. The van der Waals surface area contributed by atoms with Gasteiger partial charge in [-0.05, 0) is 43.3 Å². The van der Waals surface area contributed by atoms with E-state index in [4.69, 9.17) is 9.47 Å². The summed E-state index contributed by atoms with van der Waals surface area (Å²) >= 11 is 0. The molecule has 0 atom stereocenters. The minimum absolute atomic E-state index is 0.0554. The Morgan fingerprint density at radius 2 is 1.50 bits per heavy atom. The van der Waals surface area contributed by atoms with Crippen molar-refractivity contribution in [1.29, 1.82) is 0 Å². The fourth-order valence-electron chi connectivity index (χ4n) is 3.81. The summed E-state index contributed by atoms with van der Waals surface area (Å²) in [4.78, 5) is 33.9. The number of rotatable bonds is 6. The Morgan fingerprint density at radius 3 is 2.06 bits per heavy atom. The number of methoxy groups -OCH3 is 2. The second-order valence-electron chi connectivity index (χ2n) is 8.11. The molecule has 0 unspecified atom stereocenters. The van der Waals surface area contributed by atoms with E-state index in [1.807, 2.05) is 48.2 Å².